The highest BCUT2D eigenvalue weighted by Gasteiger charge is 2.12. The van der Waals surface area contributed by atoms with Crippen molar-refractivity contribution in [3.05, 3.63) is 23.3 Å². The van der Waals surface area contributed by atoms with Crippen LogP contribution in [0, 0.1) is 13.8 Å². The van der Waals surface area contributed by atoms with Gasteiger partial charge in [0.1, 0.15) is 11.8 Å². The maximum Gasteiger partial charge on any atom is 0.322 e. The van der Waals surface area contributed by atoms with Crippen LogP contribution in [-0.4, -0.2) is 30.8 Å². The molecule has 94 valence electrons. The Morgan fingerprint density at radius 2 is 2.12 bits per heavy atom. The van der Waals surface area contributed by atoms with E-state index in [1.54, 1.807) is 7.11 Å². The fourth-order valence-corrected chi connectivity index (χ4v) is 1.52. The third-order valence-corrected chi connectivity index (χ3v) is 2.79. The molecular formula is C12H18N2O3. The van der Waals surface area contributed by atoms with E-state index in [-0.39, 0.29) is 6.54 Å². The number of hydrogen-bond acceptors (Lipinski definition) is 4. The normalized spacial score (nSPS) is 12.0. The van der Waals surface area contributed by atoms with Crippen LogP contribution < -0.4 is 15.8 Å². The maximum absolute atomic E-state index is 10.6. The molecule has 0 radical (unpaired) electrons. The predicted molar refractivity (Wildman–Crippen MR) is 66.6 cm³/mol. The van der Waals surface area contributed by atoms with Gasteiger partial charge in [0, 0.05) is 12.2 Å². The predicted octanol–water partition coefficient (Wildman–Crippen LogP) is 1.14. The van der Waals surface area contributed by atoms with Crippen LogP contribution in [0.2, 0.25) is 0 Å². The van der Waals surface area contributed by atoms with E-state index in [4.69, 9.17) is 15.6 Å². The largest absolute Gasteiger partial charge is 0.496 e. The molecule has 0 fully saturated rings. The molecule has 0 aliphatic heterocycles. The lowest BCUT2D eigenvalue weighted by molar-refractivity contribution is -0.138. The first-order valence-electron chi connectivity index (χ1n) is 5.33. The molecule has 1 atom stereocenters. The molecule has 5 heteroatoms. The fraction of sp³-hybridized carbons (Fsp3) is 0.417. The van der Waals surface area contributed by atoms with Gasteiger partial charge >= 0.3 is 5.97 Å². The van der Waals surface area contributed by atoms with Crippen molar-refractivity contribution < 1.29 is 14.6 Å². The second kappa shape index (κ2) is 5.54. The van der Waals surface area contributed by atoms with Gasteiger partial charge in [-0.15, -0.1) is 0 Å². The summed E-state index contributed by atoms with van der Waals surface area (Å²) in [6, 6.07) is 2.80. The lowest BCUT2D eigenvalue weighted by atomic mass is 10.1. The van der Waals surface area contributed by atoms with Gasteiger partial charge in [0.25, 0.3) is 0 Å². The van der Waals surface area contributed by atoms with Crippen LogP contribution in [-0.2, 0) is 4.79 Å². The van der Waals surface area contributed by atoms with Crippen LogP contribution in [0.5, 0.6) is 5.75 Å². The number of carbonyl (C=O) groups is 1. The van der Waals surface area contributed by atoms with E-state index in [0.717, 1.165) is 22.6 Å². The number of rotatable bonds is 5. The average Bonchev–Trinajstić information content (AvgIpc) is 2.30. The quantitative estimate of drug-likeness (QED) is 0.716. The number of aliphatic carboxylic acids is 1. The summed E-state index contributed by atoms with van der Waals surface area (Å²) >= 11 is 0. The number of hydrogen-bond donors (Lipinski definition) is 3. The van der Waals surface area contributed by atoms with E-state index in [0.29, 0.717) is 0 Å². The molecule has 0 heterocycles. The Bertz CT molecular complexity index is 418. The minimum atomic E-state index is -1.01. The number of nitrogens with two attached hydrogens (primary N) is 1. The Morgan fingerprint density at radius 1 is 1.47 bits per heavy atom. The third-order valence-electron chi connectivity index (χ3n) is 2.79. The minimum absolute atomic E-state index is 0.196. The Labute approximate surface area is 101 Å². The second-order valence-corrected chi connectivity index (χ2v) is 3.89. The summed E-state index contributed by atoms with van der Waals surface area (Å²) in [4.78, 5) is 10.6. The Kier molecular flexibility index (Phi) is 4.34. The topological polar surface area (TPSA) is 84.6 Å². The summed E-state index contributed by atoms with van der Waals surface area (Å²) in [5.41, 5.74) is 8.36. The van der Waals surface area contributed by atoms with Gasteiger partial charge in [-0.2, -0.15) is 0 Å². The van der Waals surface area contributed by atoms with E-state index < -0.39 is 12.0 Å². The molecule has 17 heavy (non-hydrogen) atoms. The second-order valence-electron chi connectivity index (χ2n) is 3.89. The number of benzene rings is 1. The van der Waals surface area contributed by atoms with Gasteiger partial charge in [-0.25, -0.2) is 0 Å². The van der Waals surface area contributed by atoms with Gasteiger partial charge in [0.05, 0.1) is 7.11 Å². The van der Waals surface area contributed by atoms with Crippen LogP contribution in [0.1, 0.15) is 11.1 Å². The zero-order valence-electron chi connectivity index (χ0n) is 10.3. The van der Waals surface area contributed by atoms with E-state index in [2.05, 4.69) is 5.32 Å². The van der Waals surface area contributed by atoms with Gasteiger partial charge in [-0.1, -0.05) is 0 Å². The van der Waals surface area contributed by atoms with Crippen LogP contribution in [0.3, 0.4) is 0 Å². The lowest BCUT2D eigenvalue weighted by Gasteiger charge is -2.15. The maximum atomic E-state index is 10.6. The fourth-order valence-electron chi connectivity index (χ4n) is 1.52. The Morgan fingerprint density at radius 3 is 2.65 bits per heavy atom. The summed E-state index contributed by atoms with van der Waals surface area (Å²) in [7, 11) is 1.62. The van der Waals surface area contributed by atoms with Gasteiger partial charge in [0.15, 0.2) is 0 Å². The molecule has 0 saturated heterocycles. The van der Waals surface area contributed by atoms with E-state index in [9.17, 15) is 4.79 Å². The standard InChI is InChI=1S/C12H18N2O3/c1-7-8(2)11(17-3)5-4-10(7)14-6-9(13)12(15)16/h4-5,9,14H,6,13H2,1-3H3,(H,15,16). The van der Waals surface area contributed by atoms with Gasteiger partial charge in [-0.3, -0.25) is 4.79 Å². The molecule has 0 bridgehead atoms. The zero-order valence-corrected chi connectivity index (χ0v) is 10.3. The van der Waals surface area contributed by atoms with Crippen LogP contribution in [0.4, 0.5) is 5.69 Å². The molecule has 0 amide bonds. The van der Waals surface area contributed by atoms with Crippen molar-refractivity contribution in [1.82, 2.24) is 0 Å². The van der Waals surface area contributed by atoms with Crippen LogP contribution in [0.25, 0.3) is 0 Å². The summed E-state index contributed by atoms with van der Waals surface area (Å²) in [5, 5.41) is 11.7. The van der Waals surface area contributed by atoms with E-state index in [1.807, 2.05) is 26.0 Å². The molecule has 0 saturated carbocycles. The third kappa shape index (κ3) is 3.10. The molecule has 1 rings (SSSR count). The van der Waals surface area contributed by atoms with Gasteiger partial charge < -0.3 is 20.9 Å². The monoisotopic (exact) mass is 238 g/mol. The van der Waals surface area contributed by atoms with Crippen molar-refractivity contribution >= 4 is 11.7 Å². The first-order valence-corrected chi connectivity index (χ1v) is 5.33. The molecule has 0 aliphatic carbocycles. The minimum Gasteiger partial charge on any atom is -0.496 e. The average molecular weight is 238 g/mol. The molecule has 0 spiro atoms. The molecule has 4 N–H and O–H groups in total. The number of carboxylic acid groups (broad SMARTS) is 1. The summed E-state index contributed by atoms with van der Waals surface area (Å²) in [6.07, 6.45) is 0. The van der Waals surface area contributed by atoms with Gasteiger partial charge in [-0.05, 0) is 37.1 Å². The van der Waals surface area contributed by atoms with Crippen molar-refractivity contribution in [2.45, 2.75) is 19.9 Å². The SMILES string of the molecule is COc1ccc(NCC(N)C(=O)O)c(C)c1C. The highest BCUT2D eigenvalue weighted by molar-refractivity contribution is 5.74. The number of ether oxygens (including phenoxy) is 1. The molecule has 1 aromatic carbocycles. The molecule has 1 aromatic rings. The zero-order chi connectivity index (χ0) is 13.0. The summed E-state index contributed by atoms with van der Waals surface area (Å²) < 4.78 is 5.20. The van der Waals surface area contributed by atoms with Crippen LogP contribution in [0.15, 0.2) is 12.1 Å². The number of methoxy groups -OCH3 is 1. The molecule has 0 aromatic heterocycles. The lowest BCUT2D eigenvalue weighted by Crippen LogP contribution is -2.37. The molecule has 0 aliphatic rings. The number of carboxylic acids is 1. The van der Waals surface area contributed by atoms with E-state index >= 15 is 0 Å². The van der Waals surface area contributed by atoms with E-state index in [1.165, 1.54) is 0 Å². The van der Waals surface area contributed by atoms with Gasteiger partial charge in [0.2, 0.25) is 0 Å². The highest BCUT2D eigenvalue weighted by atomic mass is 16.5. The van der Waals surface area contributed by atoms with Crippen molar-refractivity contribution in [3.63, 3.8) is 0 Å². The first kappa shape index (κ1) is 13.3. The molecule has 5 nitrogen and oxygen atoms in total. The van der Waals surface area contributed by atoms with Crippen molar-refractivity contribution in [2.24, 2.45) is 5.73 Å². The van der Waals surface area contributed by atoms with Crippen molar-refractivity contribution in [1.29, 1.82) is 0 Å². The number of anilines is 1. The van der Waals surface area contributed by atoms with Crippen molar-refractivity contribution in [3.8, 4) is 5.75 Å². The van der Waals surface area contributed by atoms with Crippen molar-refractivity contribution in [2.75, 3.05) is 19.0 Å². The highest BCUT2D eigenvalue weighted by Crippen LogP contribution is 2.26. The number of nitrogens with one attached hydrogen (secondary N) is 1. The first-order chi connectivity index (χ1) is 7.97. The Balaban J connectivity index is 2.79. The summed E-state index contributed by atoms with van der Waals surface area (Å²) in [6.45, 7) is 4.10. The van der Waals surface area contributed by atoms with Crippen LogP contribution >= 0.6 is 0 Å². The smallest absolute Gasteiger partial charge is 0.322 e. The summed E-state index contributed by atoms with van der Waals surface area (Å²) in [5.74, 6) is -0.198. The molecular weight excluding hydrogens is 220 g/mol. The molecule has 1 unspecified atom stereocenters. The Hall–Kier alpha value is -1.75.